The van der Waals surface area contributed by atoms with Gasteiger partial charge in [0.25, 0.3) is 0 Å². The molecule has 0 bridgehead atoms. The summed E-state index contributed by atoms with van der Waals surface area (Å²) in [6, 6.07) is 9.99. The number of rotatable bonds is 5. The first-order valence-corrected chi connectivity index (χ1v) is 8.34. The van der Waals surface area contributed by atoms with E-state index in [1.807, 2.05) is 42.5 Å². The van der Waals surface area contributed by atoms with Crippen molar-refractivity contribution in [1.29, 1.82) is 0 Å². The third-order valence-electron chi connectivity index (χ3n) is 5.28. The van der Waals surface area contributed by atoms with Crippen molar-refractivity contribution >= 4 is 18.0 Å². The van der Waals surface area contributed by atoms with Gasteiger partial charge in [0.05, 0.1) is 5.41 Å². The lowest BCUT2D eigenvalue weighted by atomic mass is 9.81. The first-order valence-electron chi connectivity index (χ1n) is 8.34. The molecule has 0 radical (unpaired) electrons. The van der Waals surface area contributed by atoms with E-state index in [0.717, 1.165) is 18.4 Å². The fraction of sp³-hybridized carbons (Fsp3) is 0.474. The maximum Gasteiger partial charge on any atom is 0.311 e. The normalized spacial score (nSPS) is 26.6. The van der Waals surface area contributed by atoms with Crippen LogP contribution in [0.25, 0.3) is 6.08 Å². The standard InChI is InChI=1S/C19H23NO3/c21-17(11-5-4-9-15-7-2-1-3-8-15)20-13-16-10-6-12-19(16,14-20)18(22)23/h1-4,7-9,16H,5-6,10-14H2,(H,22,23)/b9-4+/t16-,19+/m0/s1. The zero-order valence-electron chi connectivity index (χ0n) is 13.3. The number of aliphatic carboxylic acids is 1. The van der Waals surface area contributed by atoms with Gasteiger partial charge in [0.15, 0.2) is 0 Å². The molecule has 1 aromatic carbocycles. The molecular formula is C19H23NO3. The summed E-state index contributed by atoms with van der Waals surface area (Å²) in [5, 5.41) is 9.56. The topological polar surface area (TPSA) is 57.6 Å². The van der Waals surface area contributed by atoms with Gasteiger partial charge in [0, 0.05) is 19.5 Å². The molecule has 1 aliphatic carbocycles. The van der Waals surface area contributed by atoms with Crippen LogP contribution in [0.15, 0.2) is 36.4 Å². The predicted molar refractivity (Wildman–Crippen MR) is 88.7 cm³/mol. The van der Waals surface area contributed by atoms with E-state index in [1.165, 1.54) is 0 Å². The number of carboxylic acids is 1. The van der Waals surface area contributed by atoms with Crippen LogP contribution in [0.1, 0.15) is 37.7 Å². The van der Waals surface area contributed by atoms with Gasteiger partial charge in [-0.3, -0.25) is 9.59 Å². The van der Waals surface area contributed by atoms with Crippen molar-refractivity contribution < 1.29 is 14.7 Å². The van der Waals surface area contributed by atoms with Crippen LogP contribution in [0.3, 0.4) is 0 Å². The van der Waals surface area contributed by atoms with Gasteiger partial charge in [-0.15, -0.1) is 0 Å². The molecule has 4 heteroatoms. The summed E-state index contributed by atoms with van der Waals surface area (Å²) >= 11 is 0. The molecular weight excluding hydrogens is 290 g/mol. The lowest BCUT2D eigenvalue weighted by Gasteiger charge is -2.23. The Balaban J connectivity index is 1.52. The number of allylic oxidation sites excluding steroid dienone is 1. The average molecular weight is 313 g/mol. The lowest BCUT2D eigenvalue weighted by Crippen LogP contribution is -2.37. The van der Waals surface area contributed by atoms with E-state index in [9.17, 15) is 14.7 Å². The molecule has 2 aliphatic rings. The van der Waals surface area contributed by atoms with Gasteiger partial charge in [-0.25, -0.2) is 0 Å². The zero-order valence-corrected chi connectivity index (χ0v) is 13.3. The van der Waals surface area contributed by atoms with E-state index < -0.39 is 11.4 Å². The number of carbonyl (C=O) groups is 2. The Morgan fingerprint density at radius 2 is 2.09 bits per heavy atom. The maximum absolute atomic E-state index is 12.4. The van der Waals surface area contributed by atoms with Gasteiger partial charge in [-0.05, 0) is 30.7 Å². The van der Waals surface area contributed by atoms with Crippen molar-refractivity contribution in [2.24, 2.45) is 11.3 Å². The quantitative estimate of drug-likeness (QED) is 0.908. The monoisotopic (exact) mass is 313 g/mol. The summed E-state index contributed by atoms with van der Waals surface area (Å²) in [7, 11) is 0. The molecule has 1 heterocycles. The van der Waals surface area contributed by atoms with Crippen LogP contribution in [0.2, 0.25) is 0 Å². The third kappa shape index (κ3) is 3.16. The number of nitrogens with zero attached hydrogens (tertiary/aromatic N) is 1. The molecule has 3 rings (SSSR count). The number of fused-ring (bicyclic) bond motifs is 1. The average Bonchev–Trinajstić information content (AvgIpc) is 3.10. The van der Waals surface area contributed by atoms with E-state index in [4.69, 9.17) is 0 Å². The molecule has 4 nitrogen and oxygen atoms in total. The molecule has 1 amide bonds. The summed E-state index contributed by atoms with van der Waals surface area (Å²) in [4.78, 5) is 25.8. The fourth-order valence-electron chi connectivity index (χ4n) is 3.98. The number of amides is 1. The molecule has 1 saturated heterocycles. The minimum Gasteiger partial charge on any atom is -0.481 e. The number of likely N-dealkylation sites (tertiary alicyclic amines) is 1. The van der Waals surface area contributed by atoms with Crippen LogP contribution in [-0.4, -0.2) is 35.0 Å². The van der Waals surface area contributed by atoms with Gasteiger partial charge < -0.3 is 10.0 Å². The Kier molecular flexibility index (Phi) is 4.51. The Bertz CT molecular complexity index is 610. The molecule has 0 unspecified atom stereocenters. The van der Waals surface area contributed by atoms with Crippen molar-refractivity contribution in [2.75, 3.05) is 13.1 Å². The van der Waals surface area contributed by atoms with Crippen molar-refractivity contribution in [3.63, 3.8) is 0 Å². The molecule has 1 aliphatic heterocycles. The zero-order chi connectivity index (χ0) is 16.3. The molecule has 1 aromatic rings. The van der Waals surface area contributed by atoms with Crippen LogP contribution in [0.5, 0.6) is 0 Å². The first-order chi connectivity index (χ1) is 11.1. The third-order valence-corrected chi connectivity index (χ3v) is 5.28. The maximum atomic E-state index is 12.4. The Morgan fingerprint density at radius 1 is 1.30 bits per heavy atom. The molecule has 1 saturated carbocycles. The minimum atomic E-state index is -0.723. The minimum absolute atomic E-state index is 0.0812. The summed E-state index contributed by atoms with van der Waals surface area (Å²) in [6.07, 6.45) is 7.79. The summed E-state index contributed by atoms with van der Waals surface area (Å²) in [5.74, 6) is -0.499. The van der Waals surface area contributed by atoms with E-state index >= 15 is 0 Å². The van der Waals surface area contributed by atoms with Gasteiger partial charge in [-0.2, -0.15) is 0 Å². The van der Waals surface area contributed by atoms with Crippen LogP contribution in [0.4, 0.5) is 0 Å². The number of hydrogen-bond donors (Lipinski definition) is 1. The van der Waals surface area contributed by atoms with E-state index in [2.05, 4.69) is 0 Å². The Hall–Kier alpha value is -2.10. The second-order valence-electron chi connectivity index (χ2n) is 6.68. The van der Waals surface area contributed by atoms with Crippen LogP contribution in [-0.2, 0) is 9.59 Å². The predicted octanol–water partition coefficient (Wildman–Crippen LogP) is 3.19. The summed E-state index contributed by atoms with van der Waals surface area (Å²) < 4.78 is 0. The Labute approximate surface area is 136 Å². The SMILES string of the molecule is O=C(CC/C=C/c1ccccc1)N1C[C@@H]2CCC[C@@]2(C(=O)O)C1. The number of carbonyl (C=O) groups excluding carboxylic acids is 1. The Morgan fingerprint density at radius 3 is 2.78 bits per heavy atom. The molecule has 2 fully saturated rings. The molecule has 0 aromatic heterocycles. The highest BCUT2D eigenvalue weighted by molar-refractivity contribution is 5.81. The second-order valence-corrected chi connectivity index (χ2v) is 6.68. The molecule has 122 valence electrons. The van der Waals surface area contributed by atoms with Gasteiger partial charge in [0.2, 0.25) is 5.91 Å². The summed E-state index contributed by atoms with van der Waals surface area (Å²) in [5.41, 5.74) is 0.454. The molecule has 2 atom stereocenters. The van der Waals surface area contributed by atoms with Crippen molar-refractivity contribution in [1.82, 2.24) is 4.90 Å². The summed E-state index contributed by atoms with van der Waals surface area (Å²) in [6.45, 7) is 1.02. The first kappa shape index (κ1) is 15.8. The van der Waals surface area contributed by atoms with Crippen LogP contribution in [0, 0.1) is 11.3 Å². The second kappa shape index (κ2) is 6.57. The van der Waals surface area contributed by atoms with Gasteiger partial charge in [-0.1, -0.05) is 48.9 Å². The van der Waals surface area contributed by atoms with E-state index in [0.29, 0.717) is 32.4 Å². The van der Waals surface area contributed by atoms with Crippen LogP contribution >= 0.6 is 0 Å². The highest BCUT2D eigenvalue weighted by Crippen LogP contribution is 2.48. The van der Waals surface area contributed by atoms with Crippen molar-refractivity contribution in [2.45, 2.75) is 32.1 Å². The van der Waals surface area contributed by atoms with Gasteiger partial charge in [0.1, 0.15) is 0 Å². The number of benzene rings is 1. The highest BCUT2D eigenvalue weighted by Gasteiger charge is 2.55. The van der Waals surface area contributed by atoms with E-state index in [-0.39, 0.29) is 11.8 Å². The largest absolute Gasteiger partial charge is 0.481 e. The van der Waals surface area contributed by atoms with Gasteiger partial charge >= 0.3 is 5.97 Å². The van der Waals surface area contributed by atoms with Crippen molar-refractivity contribution in [3.05, 3.63) is 42.0 Å². The lowest BCUT2D eigenvalue weighted by molar-refractivity contribution is -0.149. The fourth-order valence-corrected chi connectivity index (χ4v) is 3.98. The molecule has 1 N–H and O–H groups in total. The number of carboxylic acid groups (broad SMARTS) is 1. The van der Waals surface area contributed by atoms with E-state index in [1.54, 1.807) is 4.90 Å². The smallest absolute Gasteiger partial charge is 0.311 e. The number of hydrogen-bond acceptors (Lipinski definition) is 2. The molecule has 23 heavy (non-hydrogen) atoms. The van der Waals surface area contributed by atoms with Crippen molar-refractivity contribution in [3.8, 4) is 0 Å². The highest BCUT2D eigenvalue weighted by atomic mass is 16.4. The molecule has 0 spiro atoms. The van der Waals surface area contributed by atoms with Crippen LogP contribution < -0.4 is 0 Å².